The summed E-state index contributed by atoms with van der Waals surface area (Å²) in [7, 11) is 0. The summed E-state index contributed by atoms with van der Waals surface area (Å²) in [5.41, 5.74) is 8.75. The first kappa shape index (κ1) is 14.3. The summed E-state index contributed by atoms with van der Waals surface area (Å²) in [5.74, 6) is 5.00. The van der Waals surface area contributed by atoms with Gasteiger partial charge in [0.15, 0.2) is 0 Å². The molecule has 0 fully saturated rings. The number of carbonyl (C=O) groups excluding carboxylic acids is 1. The zero-order valence-corrected chi connectivity index (χ0v) is 12.0. The Morgan fingerprint density at radius 3 is 2.82 bits per heavy atom. The van der Waals surface area contributed by atoms with Crippen LogP contribution in [0.2, 0.25) is 0 Å². The van der Waals surface area contributed by atoms with Crippen molar-refractivity contribution in [2.45, 2.75) is 29.9 Å². The maximum atomic E-state index is 11.6. The molecule has 1 rings (SSSR count). The number of anilines is 1. The fourth-order valence-corrected chi connectivity index (χ4v) is 2.93. The topological polar surface area (TPSA) is 81.1 Å². The molecule has 1 atom stereocenters. The van der Waals surface area contributed by atoms with E-state index in [2.05, 4.69) is 21.4 Å². The molecule has 1 aromatic rings. The first-order valence-corrected chi connectivity index (χ1v) is 6.97. The molecule has 6 heteroatoms. The molecule has 0 heterocycles. The number of thioether (sulfide) groups is 1. The van der Waals surface area contributed by atoms with Crippen LogP contribution in [0.15, 0.2) is 27.6 Å². The van der Waals surface area contributed by atoms with Crippen LogP contribution in [0.4, 0.5) is 5.69 Å². The highest BCUT2D eigenvalue weighted by molar-refractivity contribution is 9.10. The third-order valence-electron chi connectivity index (χ3n) is 2.23. The summed E-state index contributed by atoms with van der Waals surface area (Å²) in [4.78, 5) is 12.5. The van der Waals surface area contributed by atoms with Gasteiger partial charge in [0, 0.05) is 15.1 Å². The van der Waals surface area contributed by atoms with Crippen LogP contribution in [-0.4, -0.2) is 11.2 Å². The second kappa shape index (κ2) is 6.88. The van der Waals surface area contributed by atoms with Gasteiger partial charge in [-0.1, -0.05) is 29.3 Å². The highest BCUT2D eigenvalue weighted by Crippen LogP contribution is 2.32. The van der Waals surface area contributed by atoms with E-state index in [0.717, 1.165) is 22.2 Å². The molecule has 0 spiro atoms. The number of nitrogens with two attached hydrogens (primary N) is 2. The highest BCUT2D eigenvalue weighted by Gasteiger charge is 2.18. The van der Waals surface area contributed by atoms with Gasteiger partial charge >= 0.3 is 0 Å². The lowest BCUT2D eigenvalue weighted by atomic mass is 10.2. The Morgan fingerprint density at radius 1 is 1.59 bits per heavy atom. The highest BCUT2D eigenvalue weighted by atomic mass is 79.9. The number of carbonyl (C=O) groups is 1. The summed E-state index contributed by atoms with van der Waals surface area (Å²) >= 11 is 4.79. The summed E-state index contributed by atoms with van der Waals surface area (Å²) in [6.07, 6.45) is 1.69. The van der Waals surface area contributed by atoms with Crippen LogP contribution in [-0.2, 0) is 4.79 Å². The van der Waals surface area contributed by atoms with E-state index in [9.17, 15) is 4.79 Å². The average Bonchev–Trinajstić information content (AvgIpc) is 2.30. The maximum absolute atomic E-state index is 11.6. The number of halogens is 1. The van der Waals surface area contributed by atoms with Gasteiger partial charge in [-0.2, -0.15) is 0 Å². The third-order valence-corrected chi connectivity index (χ3v) is 4.08. The van der Waals surface area contributed by atoms with Gasteiger partial charge in [0.05, 0.1) is 5.25 Å². The van der Waals surface area contributed by atoms with Gasteiger partial charge < -0.3 is 5.73 Å². The van der Waals surface area contributed by atoms with Gasteiger partial charge in [-0.15, -0.1) is 11.8 Å². The van der Waals surface area contributed by atoms with Crippen LogP contribution in [0.25, 0.3) is 0 Å². The van der Waals surface area contributed by atoms with Crippen molar-refractivity contribution in [3.05, 3.63) is 22.7 Å². The number of rotatable bonds is 5. The van der Waals surface area contributed by atoms with Gasteiger partial charge in [0.2, 0.25) is 5.91 Å². The minimum atomic E-state index is -0.200. The van der Waals surface area contributed by atoms with E-state index in [1.54, 1.807) is 0 Å². The van der Waals surface area contributed by atoms with Gasteiger partial charge in [-0.25, -0.2) is 5.84 Å². The Bertz CT molecular complexity index is 400. The molecule has 0 aromatic heterocycles. The first-order chi connectivity index (χ1) is 8.08. The summed E-state index contributed by atoms with van der Waals surface area (Å²) < 4.78 is 0.926. The molecule has 5 N–H and O–H groups in total. The molecule has 1 aromatic carbocycles. The molecule has 0 saturated heterocycles. The van der Waals surface area contributed by atoms with E-state index in [-0.39, 0.29) is 11.2 Å². The summed E-state index contributed by atoms with van der Waals surface area (Å²) in [5, 5.41) is -0.200. The second-order valence-electron chi connectivity index (χ2n) is 3.59. The van der Waals surface area contributed by atoms with Crippen molar-refractivity contribution in [3.8, 4) is 0 Å². The van der Waals surface area contributed by atoms with E-state index < -0.39 is 0 Å². The van der Waals surface area contributed by atoms with Crippen LogP contribution >= 0.6 is 27.7 Å². The van der Waals surface area contributed by atoms with E-state index >= 15 is 0 Å². The van der Waals surface area contributed by atoms with Crippen molar-refractivity contribution in [2.24, 2.45) is 5.84 Å². The maximum Gasteiger partial charge on any atom is 0.247 e. The lowest BCUT2D eigenvalue weighted by Crippen LogP contribution is -2.37. The van der Waals surface area contributed by atoms with Crippen molar-refractivity contribution < 1.29 is 4.79 Å². The van der Waals surface area contributed by atoms with Crippen molar-refractivity contribution in [3.63, 3.8) is 0 Å². The molecular weight excluding hydrogens is 302 g/mol. The molecule has 1 unspecified atom stereocenters. The number of benzene rings is 1. The fraction of sp³-hybridized carbons (Fsp3) is 0.364. The SMILES string of the molecule is CCCC(Sc1ccc(Br)cc1N)C(=O)NN. The van der Waals surface area contributed by atoms with Crippen molar-refractivity contribution >= 4 is 39.3 Å². The first-order valence-electron chi connectivity index (χ1n) is 5.30. The molecule has 0 saturated carbocycles. The molecular formula is C11H16BrN3OS. The molecule has 0 aliphatic heterocycles. The molecule has 4 nitrogen and oxygen atoms in total. The molecule has 17 heavy (non-hydrogen) atoms. The number of hydrogen-bond acceptors (Lipinski definition) is 4. The number of nitrogens with one attached hydrogen (secondary N) is 1. The third kappa shape index (κ3) is 4.22. The Kier molecular flexibility index (Phi) is 5.80. The normalized spacial score (nSPS) is 12.2. The van der Waals surface area contributed by atoms with Crippen LogP contribution in [0.1, 0.15) is 19.8 Å². The second-order valence-corrected chi connectivity index (χ2v) is 5.75. The quantitative estimate of drug-likeness (QED) is 0.256. The van der Waals surface area contributed by atoms with Gasteiger partial charge in [-0.3, -0.25) is 10.2 Å². The Balaban J connectivity index is 2.82. The number of amides is 1. The predicted octanol–water partition coefficient (Wildman–Crippen LogP) is 2.28. The van der Waals surface area contributed by atoms with E-state index in [1.165, 1.54) is 11.8 Å². The summed E-state index contributed by atoms with van der Waals surface area (Å²) in [6.45, 7) is 2.03. The molecule has 0 aliphatic rings. The van der Waals surface area contributed by atoms with Crippen molar-refractivity contribution in [1.82, 2.24) is 5.43 Å². The minimum Gasteiger partial charge on any atom is -0.398 e. The van der Waals surface area contributed by atoms with Crippen molar-refractivity contribution in [1.29, 1.82) is 0 Å². The van der Waals surface area contributed by atoms with E-state index in [1.807, 2.05) is 25.1 Å². The van der Waals surface area contributed by atoms with E-state index in [4.69, 9.17) is 11.6 Å². The zero-order chi connectivity index (χ0) is 12.8. The smallest absolute Gasteiger partial charge is 0.247 e. The zero-order valence-electron chi connectivity index (χ0n) is 9.57. The van der Waals surface area contributed by atoms with E-state index in [0.29, 0.717) is 5.69 Å². The van der Waals surface area contributed by atoms with Gasteiger partial charge in [0.1, 0.15) is 0 Å². The lowest BCUT2D eigenvalue weighted by molar-refractivity contribution is -0.120. The number of hydrogen-bond donors (Lipinski definition) is 3. The number of nitrogen functional groups attached to an aromatic ring is 1. The summed E-state index contributed by atoms with van der Waals surface area (Å²) in [6, 6.07) is 5.63. The molecule has 0 bridgehead atoms. The van der Waals surface area contributed by atoms with Gasteiger partial charge in [-0.05, 0) is 24.6 Å². The van der Waals surface area contributed by atoms with Crippen LogP contribution in [0.3, 0.4) is 0 Å². The average molecular weight is 318 g/mol. The van der Waals surface area contributed by atoms with Crippen LogP contribution in [0.5, 0.6) is 0 Å². The van der Waals surface area contributed by atoms with Crippen LogP contribution < -0.4 is 17.0 Å². The lowest BCUT2D eigenvalue weighted by Gasteiger charge is -2.15. The largest absolute Gasteiger partial charge is 0.398 e. The predicted molar refractivity (Wildman–Crippen MR) is 75.4 cm³/mol. The molecule has 0 radical (unpaired) electrons. The van der Waals surface area contributed by atoms with Gasteiger partial charge in [0.25, 0.3) is 0 Å². The number of hydrazine groups is 1. The minimum absolute atomic E-state index is 0.167. The Morgan fingerprint density at radius 2 is 2.29 bits per heavy atom. The van der Waals surface area contributed by atoms with Crippen LogP contribution in [0, 0.1) is 0 Å². The monoisotopic (exact) mass is 317 g/mol. The van der Waals surface area contributed by atoms with Crippen molar-refractivity contribution in [2.75, 3.05) is 5.73 Å². The Labute approximate surface area is 114 Å². The standard InChI is InChI=1S/C11H16BrN3OS/c1-2-3-10(11(16)15-14)17-9-5-4-7(12)6-8(9)13/h4-6,10H,2-3,13-14H2,1H3,(H,15,16). The molecule has 1 amide bonds. The molecule has 94 valence electrons. The molecule has 0 aliphatic carbocycles. The Hall–Kier alpha value is -0.720. The fourth-order valence-electron chi connectivity index (χ4n) is 1.38.